The lowest BCUT2D eigenvalue weighted by Gasteiger charge is -2.33. The summed E-state index contributed by atoms with van der Waals surface area (Å²) in [5.41, 5.74) is 0.517. The van der Waals surface area contributed by atoms with Crippen molar-refractivity contribution >= 4 is 24.2 Å². The van der Waals surface area contributed by atoms with Crippen molar-refractivity contribution in [2.45, 2.75) is 25.8 Å². The summed E-state index contributed by atoms with van der Waals surface area (Å²) in [5, 5.41) is 3.02. The predicted molar refractivity (Wildman–Crippen MR) is 103 cm³/mol. The molecule has 0 aromatic carbocycles. The maximum atomic E-state index is 12.5. The minimum Gasteiger partial charge on any atom is -0.450 e. The molecule has 3 amide bonds. The molecule has 1 aromatic heterocycles. The molecule has 0 spiro atoms. The average Bonchev–Trinajstić information content (AvgIpc) is 2.74. The molecule has 0 bridgehead atoms. The largest absolute Gasteiger partial charge is 0.450 e. The Bertz CT molecular complexity index is 680. The number of piperidine rings is 1. The zero-order chi connectivity index (χ0) is 19.9. The van der Waals surface area contributed by atoms with Crippen LogP contribution in [0.4, 0.5) is 10.6 Å². The fourth-order valence-corrected chi connectivity index (χ4v) is 3.45. The van der Waals surface area contributed by atoms with Crippen molar-refractivity contribution in [1.29, 1.82) is 0 Å². The zero-order valence-corrected chi connectivity index (χ0v) is 16.2. The van der Waals surface area contributed by atoms with E-state index in [-0.39, 0.29) is 18.0 Å². The highest BCUT2D eigenvalue weighted by molar-refractivity contribution is 5.94. The number of likely N-dealkylation sites (tertiary alicyclic amines) is 1. The number of carbonyl (C=O) groups excluding carboxylic acids is 3. The molecule has 3 rings (SSSR count). The first kappa shape index (κ1) is 19.9. The molecule has 2 fully saturated rings. The average molecular weight is 389 g/mol. The molecular weight excluding hydrogens is 362 g/mol. The van der Waals surface area contributed by atoms with E-state index in [2.05, 4.69) is 15.2 Å². The number of hydrogen-bond acceptors (Lipinski definition) is 6. The Hall–Kier alpha value is -2.84. The maximum absolute atomic E-state index is 12.5. The quantitative estimate of drug-likeness (QED) is 0.746. The molecule has 152 valence electrons. The van der Waals surface area contributed by atoms with E-state index in [1.54, 1.807) is 29.0 Å². The number of pyridine rings is 1. The Balaban J connectivity index is 1.48. The Kier molecular flexibility index (Phi) is 6.67. The first-order valence-corrected chi connectivity index (χ1v) is 9.73. The summed E-state index contributed by atoms with van der Waals surface area (Å²) in [6.07, 6.45) is 3.58. The maximum Gasteiger partial charge on any atom is 0.409 e. The van der Waals surface area contributed by atoms with Crippen LogP contribution in [0.15, 0.2) is 18.3 Å². The van der Waals surface area contributed by atoms with E-state index >= 15 is 0 Å². The summed E-state index contributed by atoms with van der Waals surface area (Å²) < 4.78 is 5.01. The molecule has 1 aromatic rings. The van der Waals surface area contributed by atoms with Gasteiger partial charge in [-0.05, 0) is 31.9 Å². The minimum absolute atomic E-state index is 0.0364. The summed E-state index contributed by atoms with van der Waals surface area (Å²) >= 11 is 0. The number of rotatable bonds is 5. The molecule has 0 aliphatic carbocycles. The van der Waals surface area contributed by atoms with Crippen molar-refractivity contribution in [3.63, 3.8) is 0 Å². The summed E-state index contributed by atoms with van der Waals surface area (Å²) in [5.74, 6) is 0.657. The Morgan fingerprint density at radius 1 is 1.18 bits per heavy atom. The lowest BCUT2D eigenvalue weighted by atomic mass is 10.0. The van der Waals surface area contributed by atoms with Crippen LogP contribution in [0.2, 0.25) is 0 Å². The van der Waals surface area contributed by atoms with Gasteiger partial charge in [-0.2, -0.15) is 0 Å². The van der Waals surface area contributed by atoms with Crippen LogP contribution in [0.25, 0.3) is 0 Å². The molecule has 0 atom stereocenters. The predicted octanol–water partition coefficient (Wildman–Crippen LogP) is 0.711. The van der Waals surface area contributed by atoms with Gasteiger partial charge < -0.3 is 24.8 Å². The fraction of sp³-hybridized carbons (Fsp3) is 0.579. The van der Waals surface area contributed by atoms with Gasteiger partial charge in [0.15, 0.2) is 0 Å². The van der Waals surface area contributed by atoms with E-state index in [9.17, 15) is 14.4 Å². The van der Waals surface area contributed by atoms with E-state index in [4.69, 9.17) is 4.74 Å². The Morgan fingerprint density at radius 2 is 1.89 bits per heavy atom. The topological polar surface area (TPSA) is 95.1 Å². The number of anilines is 1. The Morgan fingerprint density at radius 3 is 2.46 bits per heavy atom. The molecule has 1 N–H and O–H groups in total. The van der Waals surface area contributed by atoms with Crippen LogP contribution in [0, 0.1) is 0 Å². The molecule has 9 nitrogen and oxygen atoms in total. The smallest absolute Gasteiger partial charge is 0.409 e. The zero-order valence-electron chi connectivity index (χ0n) is 16.2. The van der Waals surface area contributed by atoms with E-state index in [0.717, 1.165) is 25.3 Å². The second kappa shape index (κ2) is 9.38. The molecule has 0 radical (unpaired) electrons. The minimum atomic E-state index is -0.291. The molecule has 2 aliphatic rings. The summed E-state index contributed by atoms with van der Waals surface area (Å²) in [4.78, 5) is 44.9. The van der Waals surface area contributed by atoms with Gasteiger partial charge in [-0.3, -0.25) is 9.59 Å². The van der Waals surface area contributed by atoms with Gasteiger partial charge in [0.05, 0.1) is 12.2 Å². The van der Waals surface area contributed by atoms with Crippen LogP contribution in [-0.4, -0.2) is 85.1 Å². The van der Waals surface area contributed by atoms with Crippen LogP contribution in [-0.2, 0) is 9.53 Å². The number of hydrogen-bond donors (Lipinski definition) is 1. The standard InChI is InChI=1S/C19H27N5O4/c1-2-28-19(27)24-7-5-16(6-8-24)21-18(26)15-3-4-17(20-13-15)23-11-9-22(14-25)10-12-23/h3-4,13-14,16H,2,5-12H2,1H3,(H,21,26). The number of ether oxygens (including phenoxy) is 1. The second-order valence-corrected chi connectivity index (χ2v) is 6.97. The number of carbonyl (C=O) groups is 3. The number of nitrogens with zero attached hydrogens (tertiary/aromatic N) is 4. The van der Waals surface area contributed by atoms with Crippen molar-refractivity contribution in [1.82, 2.24) is 20.1 Å². The highest BCUT2D eigenvalue weighted by atomic mass is 16.6. The fourth-order valence-electron chi connectivity index (χ4n) is 3.45. The summed E-state index contributed by atoms with van der Waals surface area (Å²) in [7, 11) is 0. The highest BCUT2D eigenvalue weighted by Gasteiger charge is 2.25. The third-order valence-electron chi connectivity index (χ3n) is 5.15. The lowest BCUT2D eigenvalue weighted by Crippen LogP contribution is -2.47. The molecule has 3 heterocycles. The van der Waals surface area contributed by atoms with Gasteiger partial charge in [0.2, 0.25) is 6.41 Å². The third kappa shape index (κ3) is 4.90. The van der Waals surface area contributed by atoms with Gasteiger partial charge in [0, 0.05) is 51.5 Å². The third-order valence-corrected chi connectivity index (χ3v) is 5.15. The molecule has 0 unspecified atom stereocenters. The summed E-state index contributed by atoms with van der Waals surface area (Å²) in [6, 6.07) is 3.65. The van der Waals surface area contributed by atoms with Gasteiger partial charge in [0.1, 0.15) is 5.82 Å². The molecule has 2 aliphatic heterocycles. The number of piperazine rings is 1. The molecule has 9 heteroatoms. The monoisotopic (exact) mass is 389 g/mol. The second-order valence-electron chi connectivity index (χ2n) is 6.97. The molecule has 2 saturated heterocycles. The van der Waals surface area contributed by atoms with Crippen LogP contribution in [0.5, 0.6) is 0 Å². The first-order valence-electron chi connectivity index (χ1n) is 9.73. The van der Waals surface area contributed by atoms with Crippen molar-refractivity contribution < 1.29 is 19.1 Å². The first-order chi connectivity index (χ1) is 13.6. The Labute approximate surface area is 164 Å². The van der Waals surface area contributed by atoms with Gasteiger partial charge in [-0.1, -0.05) is 0 Å². The molecule has 0 saturated carbocycles. The number of aromatic nitrogens is 1. The van der Waals surface area contributed by atoms with Crippen LogP contribution >= 0.6 is 0 Å². The highest BCUT2D eigenvalue weighted by Crippen LogP contribution is 2.15. The van der Waals surface area contributed by atoms with E-state index in [0.29, 0.717) is 51.2 Å². The van der Waals surface area contributed by atoms with Gasteiger partial charge in [0.25, 0.3) is 5.91 Å². The number of nitrogens with one attached hydrogen (secondary N) is 1. The normalized spacial score (nSPS) is 18.0. The molecular formula is C19H27N5O4. The van der Waals surface area contributed by atoms with Crippen LogP contribution in [0.1, 0.15) is 30.1 Å². The van der Waals surface area contributed by atoms with E-state index in [1.807, 2.05) is 6.07 Å². The van der Waals surface area contributed by atoms with Crippen molar-refractivity contribution in [2.24, 2.45) is 0 Å². The molecule has 28 heavy (non-hydrogen) atoms. The number of amides is 3. The SMILES string of the molecule is CCOC(=O)N1CCC(NC(=O)c2ccc(N3CCN(C=O)CC3)nc2)CC1. The van der Waals surface area contributed by atoms with Crippen molar-refractivity contribution in [3.05, 3.63) is 23.9 Å². The van der Waals surface area contributed by atoms with Gasteiger partial charge in [-0.15, -0.1) is 0 Å². The van der Waals surface area contributed by atoms with E-state index in [1.165, 1.54) is 0 Å². The van der Waals surface area contributed by atoms with Gasteiger partial charge >= 0.3 is 6.09 Å². The van der Waals surface area contributed by atoms with Crippen LogP contribution in [0.3, 0.4) is 0 Å². The lowest BCUT2D eigenvalue weighted by molar-refractivity contribution is -0.118. The van der Waals surface area contributed by atoms with Crippen LogP contribution < -0.4 is 10.2 Å². The van der Waals surface area contributed by atoms with Gasteiger partial charge in [-0.25, -0.2) is 9.78 Å². The van der Waals surface area contributed by atoms with Crippen molar-refractivity contribution in [3.8, 4) is 0 Å². The van der Waals surface area contributed by atoms with E-state index < -0.39 is 0 Å². The summed E-state index contributed by atoms with van der Waals surface area (Å²) in [6.45, 7) is 6.13. The van der Waals surface area contributed by atoms with Crippen molar-refractivity contribution in [2.75, 3.05) is 50.8 Å².